The number of hydrazone groups is 1. The van der Waals surface area contributed by atoms with Crippen LogP contribution in [0.3, 0.4) is 0 Å². The molecule has 6 nitrogen and oxygen atoms in total. The monoisotopic (exact) mass is 480 g/mol. The first-order valence-corrected chi connectivity index (χ1v) is 11.8. The number of ether oxygens (including phenoxy) is 3. The van der Waals surface area contributed by atoms with E-state index in [0.717, 1.165) is 16.7 Å². The number of carbonyl (C=O) groups excluding carboxylic acids is 1. The highest BCUT2D eigenvalue weighted by Gasteiger charge is 2.12. The Morgan fingerprint density at radius 2 is 1.33 bits per heavy atom. The Hall–Kier alpha value is -4.58. The second-order valence-corrected chi connectivity index (χ2v) is 7.88. The molecule has 0 aliphatic heterocycles. The normalized spacial score (nSPS) is 10.7. The van der Waals surface area contributed by atoms with Crippen molar-refractivity contribution in [3.05, 3.63) is 125 Å². The molecule has 0 heterocycles. The first kappa shape index (κ1) is 24.5. The van der Waals surface area contributed by atoms with Gasteiger partial charge in [-0.2, -0.15) is 5.10 Å². The van der Waals surface area contributed by atoms with E-state index in [-0.39, 0.29) is 5.91 Å². The summed E-state index contributed by atoms with van der Waals surface area (Å²) >= 11 is 0. The fraction of sp³-hybridized carbons (Fsp3) is 0.133. The summed E-state index contributed by atoms with van der Waals surface area (Å²) in [5, 5.41) is 4.13. The van der Waals surface area contributed by atoms with E-state index in [9.17, 15) is 4.79 Å². The predicted molar refractivity (Wildman–Crippen MR) is 141 cm³/mol. The highest BCUT2D eigenvalue weighted by Crippen LogP contribution is 2.29. The van der Waals surface area contributed by atoms with Gasteiger partial charge < -0.3 is 14.2 Å². The molecule has 0 aliphatic carbocycles. The number of carbonyl (C=O) groups is 1. The Bertz CT molecular complexity index is 1290. The standard InChI is InChI=1S/C30H28N2O4/c1-2-34-29-19-25(17-18-28(29)36-22-24-13-7-4-8-14-24)30(33)32-31-20-26-15-9-10-16-27(26)35-21-23-11-5-3-6-12-23/h3-20H,2,21-22H2,1H3,(H,32,33)/b31-20+. The minimum absolute atomic E-state index is 0.357. The zero-order valence-corrected chi connectivity index (χ0v) is 20.1. The topological polar surface area (TPSA) is 69.2 Å². The van der Waals surface area contributed by atoms with Crippen LogP contribution in [0.5, 0.6) is 17.2 Å². The highest BCUT2D eigenvalue weighted by molar-refractivity contribution is 5.95. The van der Waals surface area contributed by atoms with Crippen LogP contribution in [-0.2, 0) is 13.2 Å². The lowest BCUT2D eigenvalue weighted by molar-refractivity contribution is 0.0954. The molecule has 182 valence electrons. The molecule has 4 aromatic rings. The largest absolute Gasteiger partial charge is 0.490 e. The van der Waals surface area contributed by atoms with Gasteiger partial charge in [-0.3, -0.25) is 4.79 Å². The molecule has 0 bridgehead atoms. The van der Waals surface area contributed by atoms with Crippen LogP contribution in [0.15, 0.2) is 108 Å². The van der Waals surface area contributed by atoms with E-state index in [1.807, 2.05) is 91.9 Å². The quantitative estimate of drug-likeness (QED) is 0.211. The summed E-state index contributed by atoms with van der Waals surface area (Å²) in [7, 11) is 0. The van der Waals surface area contributed by atoms with Gasteiger partial charge in [0, 0.05) is 11.1 Å². The summed E-state index contributed by atoms with van der Waals surface area (Å²) in [5.41, 5.74) is 5.86. The van der Waals surface area contributed by atoms with Crippen LogP contribution in [0, 0.1) is 0 Å². The fourth-order valence-electron chi connectivity index (χ4n) is 3.45. The van der Waals surface area contributed by atoms with E-state index < -0.39 is 0 Å². The van der Waals surface area contributed by atoms with E-state index in [4.69, 9.17) is 14.2 Å². The van der Waals surface area contributed by atoms with E-state index in [0.29, 0.717) is 42.6 Å². The molecule has 0 spiro atoms. The van der Waals surface area contributed by atoms with Gasteiger partial charge in [0.25, 0.3) is 5.91 Å². The van der Waals surface area contributed by atoms with Gasteiger partial charge in [0.1, 0.15) is 19.0 Å². The number of nitrogens with one attached hydrogen (secondary N) is 1. The van der Waals surface area contributed by atoms with E-state index in [1.165, 1.54) is 0 Å². The Balaban J connectivity index is 1.39. The van der Waals surface area contributed by atoms with Gasteiger partial charge in [0.05, 0.1) is 12.8 Å². The number of para-hydroxylation sites is 1. The first-order chi connectivity index (χ1) is 17.7. The van der Waals surface area contributed by atoms with Gasteiger partial charge in [0.15, 0.2) is 11.5 Å². The van der Waals surface area contributed by atoms with Crippen molar-refractivity contribution in [3.63, 3.8) is 0 Å². The molecule has 0 fully saturated rings. The van der Waals surface area contributed by atoms with Crippen molar-refractivity contribution in [1.82, 2.24) is 5.43 Å². The summed E-state index contributed by atoms with van der Waals surface area (Å²) in [4.78, 5) is 12.7. The summed E-state index contributed by atoms with van der Waals surface area (Å²) < 4.78 is 17.6. The SMILES string of the molecule is CCOc1cc(C(=O)N/N=C/c2ccccc2OCc2ccccc2)ccc1OCc1ccccc1. The summed E-state index contributed by atoms with van der Waals surface area (Å²) in [6, 6.07) is 32.4. The molecule has 0 unspecified atom stereocenters. The third-order valence-electron chi connectivity index (χ3n) is 5.27. The molecule has 0 radical (unpaired) electrons. The van der Waals surface area contributed by atoms with Gasteiger partial charge in [0.2, 0.25) is 0 Å². The van der Waals surface area contributed by atoms with Crippen molar-refractivity contribution in [3.8, 4) is 17.2 Å². The van der Waals surface area contributed by atoms with Crippen LogP contribution in [0.4, 0.5) is 0 Å². The maximum atomic E-state index is 12.7. The van der Waals surface area contributed by atoms with Gasteiger partial charge in [-0.15, -0.1) is 0 Å². The van der Waals surface area contributed by atoms with Crippen molar-refractivity contribution in [2.75, 3.05) is 6.61 Å². The lowest BCUT2D eigenvalue weighted by Gasteiger charge is -2.13. The highest BCUT2D eigenvalue weighted by atomic mass is 16.5. The zero-order valence-electron chi connectivity index (χ0n) is 20.1. The zero-order chi connectivity index (χ0) is 25.0. The molecule has 4 aromatic carbocycles. The number of nitrogens with zero attached hydrogens (tertiary/aromatic N) is 1. The van der Waals surface area contributed by atoms with Crippen molar-refractivity contribution in [2.24, 2.45) is 5.10 Å². The van der Waals surface area contributed by atoms with E-state index >= 15 is 0 Å². The minimum Gasteiger partial charge on any atom is -0.490 e. The van der Waals surface area contributed by atoms with Crippen LogP contribution >= 0.6 is 0 Å². The Morgan fingerprint density at radius 3 is 2.00 bits per heavy atom. The van der Waals surface area contributed by atoms with Crippen molar-refractivity contribution in [2.45, 2.75) is 20.1 Å². The minimum atomic E-state index is -0.357. The Kier molecular flexibility index (Phi) is 8.70. The second kappa shape index (κ2) is 12.8. The molecule has 1 N–H and O–H groups in total. The summed E-state index contributed by atoms with van der Waals surface area (Å²) in [6.45, 7) is 3.18. The molecule has 0 aromatic heterocycles. The smallest absolute Gasteiger partial charge is 0.271 e. The number of benzene rings is 4. The Morgan fingerprint density at radius 1 is 0.722 bits per heavy atom. The molecule has 4 rings (SSSR count). The van der Waals surface area contributed by atoms with Crippen molar-refractivity contribution in [1.29, 1.82) is 0 Å². The molecule has 36 heavy (non-hydrogen) atoms. The molecule has 1 amide bonds. The first-order valence-electron chi connectivity index (χ1n) is 11.8. The maximum absolute atomic E-state index is 12.7. The summed E-state index contributed by atoms with van der Waals surface area (Å²) in [5.74, 6) is 1.40. The third-order valence-corrected chi connectivity index (χ3v) is 5.27. The number of amides is 1. The fourth-order valence-corrected chi connectivity index (χ4v) is 3.45. The number of hydrogen-bond donors (Lipinski definition) is 1. The average Bonchev–Trinajstić information content (AvgIpc) is 2.93. The van der Waals surface area contributed by atoms with Crippen LogP contribution in [-0.4, -0.2) is 18.7 Å². The van der Waals surface area contributed by atoms with Gasteiger partial charge in [-0.05, 0) is 48.4 Å². The molecule has 0 saturated carbocycles. The predicted octanol–water partition coefficient (Wildman–Crippen LogP) is 6.01. The van der Waals surface area contributed by atoms with Crippen LogP contribution in [0.2, 0.25) is 0 Å². The second-order valence-electron chi connectivity index (χ2n) is 7.88. The van der Waals surface area contributed by atoms with Gasteiger partial charge in [-0.1, -0.05) is 72.8 Å². The molecule has 0 atom stereocenters. The molecule has 0 saturated heterocycles. The average molecular weight is 481 g/mol. The van der Waals surface area contributed by atoms with E-state index in [1.54, 1.807) is 24.4 Å². The van der Waals surface area contributed by atoms with E-state index in [2.05, 4.69) is 10.5 Å². The lowest BCUT2D eigenvalue weighted by atomic mass is 10.2. The molecular weight excluding hydrogens is 452 g/mol. The molecule has 0 aliphatic rings. The van der Waals surface area contributed by atoms with Gasteiger partial charge in [-0.25, -0.2) is 5.43 Å². The molecule has 6 heteroatoms. The Labute approximate surface area is 211 Å². The van der Waals surface area contributed by atoms with Crippen LogP contribution in [0.1, 0.15) is 34.0 Å². The maximum Gasteiger partial charge on any atom is 0.271 e. The van der Waals surface area contributed by atoms with Crippen molar-refractivity contribution >= 4 is 12.1 Å². The number of hydrogen-bond acceptors (Lipinski definition) is 5. The van der Waals surface area contributed by atoms with Gasteiger partial charge >= 0.3 is 0 Å². The number of rotatable bonds is 11. The van der Waals surface area contributed by atoms with Crippen molar-refractivity contribution < 1.29 is 19.0 Å². The lowest BCUT2D eigenvalue weighted by Crippen LogP contribution is -2.18. The van der Waals surface area contributed by atoms with Crippen LogP contribution < -0.4 is 19.6 Å². The molecular formula is C30H28N2O4. The van der Waals surface area contributed by atoms with Crippen LogP contribution in [0.25, 0.3) is 0 Å². The third kappa shape index (κ3) is 6.96. The summed E-state index contributed by atoms with van der Waals surface area (Å²) in [6.07, 6.45) is 1.57.